The van der Waals surface area contributed by atoms with Crippen LogP contribution in [0.4, 0.5) is 0 Å². The van der Waals surface area contributed by atoms with Gasteiger partial charge in [0.05, 0.1) is 6.61 Å². The SMILES string of the molecule is CCNC(C)CCNC1(C)CCOC1. The lowest BCUT2D eigenvalue weighted by atomic mass is 10.0. The molecule has 0 amide bonds. The molecule has 0 saturated carbocycles. The van der Waals surface area contributed by atoms with Crippen LogP contribution in [0.15, 0.2) is 0 Å². The summed E-state index contributed by atoms with van der Waals surface area (Å²) in [7, 11) is 0. The van der Waals surface area contributed by atoms with Gasteiger partial charge in [0.15, 0.2) is 0 Å². The third-order valence-electron chi connectivity index (χ3n) is 2.90. The highest BCUT2D eigenvalue weighted by atomic mass is 16.5. The highest BCUT2D eigenvalue weighted by Crippen LogP contribution is 2.17. The summed E-state index contributed by atoms with van der Waals surface area (Å²) in [4.78, 5) is 0. The second-order valence-corrected chi connectivity index (χ2v) is 4.54. The summed E-state index contributed by atoms with van der Waals surface area (Å²) in [5.41, 5.74) is 0.228. The van der Waals surface area contributed by atoms with Crippen LogP contribution in [0.5, 0.6) is 0 Å². The molecule has 1 rings (SSSR count). The van der Waals surface area contributed by atoms with Gasteiger partial charge >= 0.3 is 0 Å². The second-order valence-electron chi connectivity index (χ2n) is 4.54. The molecule has 1 fully saturated rings. The molecule has 1 heterocycles. The first-order valence-corrected chi connectivity index (χ1v) is 5.72. The lowest BCUT2D eigenvalue weighted by molar-refractivity contribution is 0.171. The zero-order valence-electron chi connectivity index (χ0n) is 9.73. The van der Waals surface area contributed by atoms with E-state index in [4.69, 9.17) is 4.74 Å². The van der Waals surface area contributed by atoms with E-state index >= 15 is 0 Å². The van der Waals surface area contributed by atoms with Crippen LogP contribution in [0.3, 0.4) is 0 Å². The molecule has 3 heteroatoms. The summed E-state index contributed by atoms with van der Waals surface area (Å²) in [5.74, 6) is 0. The van der Waals surface area contributed by atoms with Crippen molar-refractivity contribution in [2.75, 3.05) is 26.3 Å². The van der Waals surface area contributed by atoms with Crippen LogP contribution in [0, 0.1) is 0 Å². The molecule has 14 heavy (non-hydrogen) atoms. The van der Waals surface area contributed by atoms with Crippen molar-refractivity contribution in [2.45, 2.75) is 45.2 Å². The molecule has 1 saturated heterocycles. The Labute approximate surface area is 87.6 Å². The van der Waals surface area contributed by atoms with Gasteiger partial charge < -0.3 is 15.4 Å². The van der Waals surface area contributed by atoms with Gasteiger partial charge in [-0.15, -0.1) is 0 Å². The van der Waals surface area contributed by atoms with Crippen molar-refractivity contribution in [3.05, 3.63) is 0 Å². The largest absolute Gasteiger partial charge is 0.379 e. The fraction of sp³-hybridized carbons (Fsp3) is 1.00. The van der Waals surface area contributed by atoms with Crippen LogP contribution < -0.4 is 10.6 Å². The first kappa shape index (κ1) is 12.0. The van der Waals surface area contributed by atoms with E-state index in [-0.39, 0.29) is 5.54 Å². The average Bonchev–Trinajstić information content (AvgIpc) is 2.53. The molecule has 0 radical (unpaired) electrons. The number of rotatable bonds is 6. The summed E-state index contributed by atoms with van der Waals surface area (Å²) in [6.45, 7) is 10.5. The van der Waals surface area contributed by atoms with Crippen molar-refractivity contribution in [1.29, 1.82) is 0 Å². The average molecular weight is 200 g/mol. The Kier molecular flexibility index (Phi) is 4.85. The van der Waals surface area contributed by atoms with E-state index in [1.54, 1.807) is 0 Å². The zero-order valence-corrected chi connectivity index (χ0v) is 9.73. The monoisotopic (exact) mass is 200 g/mol. The second kappa shape index (κ2) is 5.69. The summed E-state index contributed by atoms with van der Waals surface area (Å²) < 4.78 is 5.39. The Hall–Kier alpha value is -0.120. The van der Waals surface area contributed by atoms with E-state index < -0.39 is 0 Å². The Morgan fingerprint density at radius 2 is 2.29 bits per heavy atom. The van der Waals surface area contributed by atoms with Gasteiger partial charge in [0.2, 0.25) is 0 Å². The van der Waals surface area contributed by atoms with Crippen molar-refractivity contribution in [3.63, 3.8) is 0 Å². The van der Waals surface area contributed by atoms with Crippen LogP contribution >= 0.6 is 0 Å². The molecule has 2 unspecified atom stereocenters. The first-order chi connectivity index (χ1) is 6.66. The van der Waals surface area contributed by atoms with Gasteiger partial charge in [-0.3, -0.25) is 0 Å². The van der Waals surface area contributed by atoms with Gasteiger partial charge in [-0.1, -0.05) is 6.92 Å². The fourth-order valence-corrected chi connectivity index (χ4v) is 1.85. The van der Waals surface area contributed by atoms with Gasteiger partial charge in [0.25, 0.3) is 0 Å². The van der Waals surface area contributed by atoms with Gasteiger partial charge in [-0.2, -0.15) is 0 Å². The Morgan fingerprint density at radius 1 is 1.50 bits per heavy atom. The Balaban J connectivity index is 2.08. The van der Waals surface area contributed by atoms with Crippen molar-refractivity contribution >= 4 is 0 Å². The highest BCUT2D eigenvalue weighted by Gasteiger charge is 2.28. The summed E-state index contributed by atoms with van der Waals surface area (Å²) in [6, 6.07) is 0.610. The third-order valence-corrected chi connectivity index (χ3v) is 2.90. The predicted octanol–water partition coefficient (Wildman–Crippen LogP) is 1.14. The summed E-state index contributed by atoms with van der Waals surface area (Å²) >= 11 is 0. The van der Waals surface area contributed by atoms with E-state index in [2.05, 4.69) is 31.4 Å². The highest BCUT2D eigenvalue weighted by molar-refractivity contribution is 4.86. The molecule has 84 valence electrons. The summed E-state index contributed by atoms with van der Waals surface area (Å²) in [6.07, 6.45) is 2.33. The zero-order chi connectivity index (χ0) is 10.4. The minimum Gasteiger partial charge on any atom is -0.379 e. The molecular formula is C11H24N2O. The first-order valence-electron chi connectivity index (χ1n) is 5.72. The lowest BCUT2D eigenvalue weighted by Crippen LogP contribution is -2.44. The number of hydrogen-bond donors (Lipinski definition) is 2. The van der Waals surface area contributed by atoms with Crippen LogP contribution in [0.2, 0.25) is 0 Å². The van der Waals surface area contributed by atoms with Crippen LogP contribution in [-0.4, -0.2) is 37.9 Å². The summed E-state index contributed by atoms with van der Waals surface area (Å²) in [5, 5.41) is 6.99. The number of hydrogen-bond acceptors (Lipinski definition) is 3. The Morgan fingerprint density at radius 3 is 2.86 bits per heavy atom. The molecule has 0 spiro atoms. The topological polar surface area (TPSA) is 33.3 Å². The van der Waals surface area contributed by atoms with E-state index in [0.29, 0.717) is 6.04 Å². The van der Waals surface area contributed by atoms with Crippen molar-refractivity contribution in [1.82, 2.24) is 10.6 Å². The van der Waals surface area contributed by atoms with E-state index in [1.807, 2.05) is 0 Å². The van der Waals surface area contributed by atoms with E-state index in [0.717, 1.165) is 32.7 Å². The van der Waals surface area contributed by atoms with Gasteiger partial charge in [0, 0.05) is 18.2 Å². The van der Waals surface area contributed by atoms with Crippen molar-refractivity contribution in [3.8, 4) is 0 Å². The standard InChI is InChI=1S/C11H24N2O/c1-4-12-10(2)5-7-13-11(3)6-8-14-9-11/h10,12-13H,4-9H2,1-3H3. The minimum absolute atomic E-state index is 0.228. The Bertz CT molecular complexity index is 155. The van der Waals surface area contributed by atoms with Gasteiger partial charge in [-0.25, -0.2) is 0 Å². The maximum Gasteiger partial charge on any atom is 0.0646 e. The maximum absolute atomic E-state index is 5.39. The van der Waals surface area contributed by atoms with E-state index in [1.165, 1.54) is 6.42 Å². The molecule has 0 aromatic rings. The number of ether oxygens (including phenoxy) is 1. The van der Waals surface area contributed by atoms with Gasteiger partial charge in [0.1, 0.15) is 0 Å². The van der Waals surface area contributed by atoms with Crippen molar-refractivity contribution in [2.24, 2.45) is 0 Å². The predicted molar refractivity (Wildman–Crippen MR) is 59.6 cm³/mol. The molecule has 2 atom stereocenters. The van der Waals surface area contributed by atoms with E-state index in [9.17, 15) is 0 Å². The quantitative estimate of drug-likeness (QED) is 0.674. The maximum atomic E-state index is 5.39. The molecule has 0 aliphatic carbocycles. The van der Waals surface area contributed by atoms with Crippen LogP contribution in [0.25, 0.3) is 0 Å². The molecule has 0 aromatic carbocycles. The molecule has 1 aliphatic heterocycles. The third kappa shape index (κ3) is 3.95. The van der Waals surface area contributed by atoms with Crippen molar-refractivity contribution < 1.29 is 4.74 Å². The number of nitrogens with one attached hydrogen (secondary N) is 2. The van der Waals surface area contributed by atoms with Crippen LogP contribution in [0.1, 0.15) is 33.6 Å². The smallest absolute Gasteiger partial charge is 0.0646 e. The molecule has 3 nitrogen and oxygen atoms in total. The molecule has 2 N–H and O–H groups in total. The molecule has 0 aromatic heterocycles. The fourth-order valence-electron chi connectivity index (χ4n) is 1.85. The van der Waals surface area contributed by atoms with Gasteiger partial charge in [-0.05, 0) is 39.8 Å². The molecule has 0 bridgehead atoms. The normalized spacial score (nSPS) is 29.4. The van der Waals surface area contributed by atoms with Crippen LogP contribution in [-0.2, 0) is 4.74 Å². The minimum atomic E-state index is 0.228. The molecule has 1 aliphatic rings. The lowest BCUT2D eigenvalue weighted by Gasteiger charge is -2.24. The molecular weight excluding hydrogens is 176 g/mol.